The highest BCUT2D eigenvalue weighted by Gasteiger charge is 2.22. The molecular formula is C18H13BrF2N2O3. The van der Waals surface area contributed by atoms with Crippen molar-refractivity contribution in [1.82, 2.24) is 4.57 Å². The number of nitrogens with zero attached hydrogens (tertiary/aromatic N) is 2. The molecule has 0 aliphatic rings. The van der Waals surface area contributed by atoms with Crippen molar-refractivity contribution < 1.29 is 18.0 Å². The first kappa shape index (κ1) is 18.1. The highest BCUT2D eigenvalue weighted by molar-refractivity contribution is 9.10. The van der Waals surface area contributed by atoms with Crippen LogP contribution in [-0.4, -0.2) is 10.5 Å². The molecule has 5 nitrogen and oxygen atoms in total. The van der Waals surface area contributed by atoms with Crippen LogP contribution in [0.2, 0.25) is 0 Å². The average molecular weight is 423 g/mol. The number of amides is 1. The van der Waals surface area contributed by atoms with Crippen molar-refractivity contribution in [3.63, 3.8) is 0 Å². The standard InChI is InChI=1S/C18H13BrF2N2O3/c19-12-3-6-17(24)22(9-12)11-18(25)23(10-14-2-1-7-26-14)16-5-4-13(20)8-15(16)21/h1-9H,10-11H2. The number of carbonyl (C=O) groups excluding carboxylic acids is 1. The van der Waals surface area contributed by atoms with Gasteiger partial charge in [-0.05, 0) is 46.3 Å². The smallest absolute Gasteiger partial charge is 0.251 e. The number of aromatic nitrogens is 1. The summed E-state index contributed by atoms with van der Waals surface area (Å²) in [5, 5.41) is 0. The lowest BCUT2D eigenvalue weighted by molar-refractivity contribution is -0.119. The van der Waals surface area contributed by atoms with Crippen LogP contribution in [0.3, 0.4) is 0 Å². The van der Waals surface area contributed by atoms with E-state index < -0.39 is 17.5 Å². The second-order valence-corrected chi connectivity index (χ2v) is 6.38. The number of halogens is 3. The van der Waals surface area contributed by atoms with Crippen LogP contribution in [-0.2, 0) is 17.9 Å². The SMILES string of the molecule is O=C(Cn1cc(Br)ccc1=O)N(Cc1ccco1)c1ccc(F)cc1F. The molecule has 0 saturated heterocycles. The molecule has 1 amide bonds. The predicted molar refractivity (Wildman–Crippen MR) is 94.7 cm³/mol. The number of anilines is 1. The van der Waals surface area contributed by atoms with Crippen molar-refractivity contribution in [2.24, 2.45) is 0 Å². The lowest BCUT2D eigenvalue weighted by Gasteiger charge is -2.23. The van der Waals surface area contributed by atoms with E-state index in [0.29, 0.717) is 16.3 Å². The van der Waals surface area contributed by atoms with Gasteiger partial charge in [-0.3, -0.25) is 9.59 Å². The molecule has 0 unspecified atom stereocenters. The summed E-state index contributed by atoms with van der Waals surface area (Å²) < 4.78 is 34.5. The van der Waals surface area contributed by atoms with Crippen molar-refractivity contribution in [3.8, 4) is 0 Å². The molecule has 0 bridgehead atoms. The summed E-state index contributed by atoms with van der Waals surface area (Å²) in [6.45, 7) is -0.368. The number of furan rings is 1. The number of benzene rings is 1. The van der Waals surface area contributed by atoms with Crippen LogP contribution in [0.15, 0.2) is 68.6 Å². The zero-order valence-electron chi connectivity index (χ0n) is 13.4. The summed E-state index contributed by atoms with van der Waals surface area (Å²) in [6.07, 6.45) is 2.89. The predicted octanol–water partition coefficient (Wildman–Crippen LogP) is 3.72. The summed E-state index contributed by atoms with van der Waals surface area (Å²) in [5.41, 5.74) is -0.477. The van der Waals surface area contributed by atoms with Crippen LogP contribution in [0.5, 0.6) is 0 Å². The van der Waals surface area contributed by atoms with Crippen molar-refractivity contribution in [2.45, 2.75) is 13.1 Å². The maximum atomic E-state index is 14.2. The second kappa shape index (κ2) is 7.65. The Morgan fingerprint density at radius 3 is 2.69 bits per heavy atom. The van der Waals surface area contributed by atoms with E-state index in [1.165, 1.54) is 29.2 Å². The molecule has 8 heteroatoms. The third kappa shape index (κ3) is 4.08. The topological polar surface area (TPSA) is 55.5 Å². The summed E-state index contributed by atoms with van der Waals surface area (Å²) in [4.78, 5) is 25.8. The van der Waals surface area contributed by atoms with Gasteiger partial charge in [0.05, 0.1) is 18.5 Å². The summed E-state index contributed by atoms with van der Waals surface area (Å²) in [5.74, 6) is -1.76. The lowest BCUT2D eigenvalue weighted by Crippen LogP contribution is -2.36. The number of rotatable bonds is 5. The molecule has 0 aliphatic heterocycles. The van der Waals surface area contributed by atoms with E-state index in [1.54, 1.807) is 18.2 Å². The van der Waals surface area contributed by atoms with Gasteiger partial charge >= 0.3 is 0 Å². The third-order valence-electron chi connectivity index (χ3n) is 3.65. The summed E-state index contributed by atoms with van der Waals surface area (Å²) in [6, 6.07) is 9.07. The normalized spacial score (nSPS) is 10.7. The molecule has 2 aromatic heterocycles. The Labute approximate surface area is 155 Å². The quantitative estimate of drug-likeness (QED) is 0.629. The van der Waals surface area contributed by atoms with Gasteiger partial charge in [-0.1, -0.05) is 0 Å². The number of carbonyl (C=O) groups is 1. The maximum Gasteiger partial charge on any atom is 0.251 e. The Balaban J connectivity index is 1.95. The Kier molecular flexibility index (Phi) is 5.32. The van der Waals surface area contributed by atoms with Crippen LogP contribution < -0.4 is 10.5 Å². The van der Waals surface area contributed by atoms with Gasteiger partial charge in [-0.15, -0.1) is 0 Å². The zero-order valence-corrected chi connectivity index (χ0v) is 14.9. The fourth-order valence-electron chi connectivity index (χ4n) is 2.42. The van der Waals surface area contributed by atoms with E-state index in [0.717, 1.165) is 11.0 Å². The second-order valence-electron chi connectivity index (χ2n) is 5.47. The summed E-state index contributed by atoms with van der Waals surface area (Å²) in [7, 11) is 0. The minimum Gasteiger partial charge on any atom is -0.467 e. The van der Waals surface area contributed by atoms with E-state index >= 15 is 0 Å². The van der Waals surface area contributed by atoms with E-state index in [4.69, 9.17) is 4.42 Å². The molecule has 0 radical (unpaired) electrons. The molecule has 0 atom stereocenters. The minimum absolute atomic E-state index is 0.0584. The minimum atomic E-state index is -0.883. The van der Waals surface area contributed by atoms with Gasteiger partial charge in [0.25, 0.3) is 5.56 Å². The highest BCUT2D eigenvalue weighted by Crippen LogP contribution is 2.23. The van der Waals surface area contributed by atoms with Crippen molar-refractivity contribution in [3.05, 3.63) is 87.1 Å². The number of hydrogen-bond acceptors (Lipinski definition) is 3. The Morgan fingerprint density at radius 1 is 1.19 bits per heavy atom. The molecule has 1 aromatic carbocycles. The van der Waals surface area contributed by atoms with E-state index in [2.05, 4.69) is 15.9 Å². The molecule has 26 heavy (non-hydrogen) atoms. The monoisotopic (exact) mass is 422 g/mol. The first-order chi connectivity index (χ1) is 12.4. The molecule has 134 valence electrons. The summed E-state index contributed by atoms with van der Waals surface area (Å²) >= 11 is 3.24. The molecule has 0 fully saturated rings. The van der Waals surface area contributed by atoms with Crippen LogP contribution >= 0.6 is 15.9 Å². The fourth-order valence-corrected chi connectivity index (χ4v) is 2.80. The van der Waals surface area contributed by atoms with Gasteiger partial charge in [0, 0.05) is 22.8 Å². The van der Waals surface area contributed by atoms with Crippen LogP contribution in [0.25, 0.3) is 0 Å². The first-order valence-electron chi connectivity index (χ1n) is 7.58. The third-order valence-corrected chi connectivity index (χ3v) is 4.12. The fraction of sp³-hybridized carbons (Fsp3) is 0.111. The van der Waals surface area contributed by atoms with E-state index in [1.807, 2.05) is 0 Å². The van der Waals surface area contributed by atoms with Crippen molar-refractivity contribution in [1.29, 1.82) is 0 Å². The first-order valence-corrected chi connectivity index (χ1v) is 8.37. The Morgan fingerprint density at radius 2 is 2.00 bits per heavy atom. The molecule has 3 rings (SSSR count). The Bertz CT molecular complexity index is 986. The van der Waals surface area contributed by atoms with E-state index in [-0.39, 0.29) is 24.3 Å². The molecule has 0 saturated carbocycles. The van der Waals surface area contributed by atoms with Gasteiger partial charge in [0.2, 0.25) is 5.91 Å². The Hall–Kier alpha value is -2.74. The van der Waals surface area contributed by atoms with Gasteiger partial charge < -0.3 is 13.9 Å². The van der Waals surface area contributed by atoms with Crippen molar-refractivity contribution in [2.75, 3.05) is 4.90 Å². The highest BCUT2D eigenvalue weighted by atomic mass is 79.9. The van der Waals surface area contributed by atoms with Crippen LogP contribution in [0.4, 0.5) is 14.5 Å². The van der Waals surface area contributed by atoms with Gasteiger partial charge in [-0.2, -0.15) is 0 Å². The molecule has 0 N–H and O–H groups in total. The van der Waals surface area contributed by atoms with Crippen LogP contribution in [0, 0.1) is 11.6 Å². The van der Waals surface area contributed by atoms with Gasteiger partial charge in [0.15, 0.2) is 0 Å². The van der Waals surface area contributed by atoms with Gasteiger partial charge in [-0.25, -0.2) is 8.78 Å². The maximum absolute atomic E-state index is 14.2. The number of pyridine rings is 1. The van der Waals surface area contributed by atoms with Crippen molar-refractivity contribution >= 4 is 27.5 Å². The largest absolute Gasteiger partial charge is 0.467 e. The zero-order chi connectivity index (χ0) is 18.7. The van der Waals surface area contributed by atoms with E-state index in [9.17, 15) is 18.4 Å². The lowest BCUT2D eigenvalue weighted by atomic mass is 10.2. The van der Waals surface area contributed by atoms with Gasteiger partial charge in [0.1, 0.15) is 23.9 Å². The van der Waals surface area contributed by atoms with Crippen LogP contribution in [0.1, 0.15) is 5.76 Å². The molecule has 0 aliphatic carbocycles. The number of hydrogen-bond donors (Lipinski definition) is 0. The molecular weight excluding hydrogens is 410 g/mol. The molecule has 0 spiro atoms. The average Bonchev–Trinajstić information content (AvgIpc) is 3.10. The molecule has 2 heterocycles. The molecule has 3 aromatic rings.